The fourth-order valence-corrected chi connectivity index (χ4v) is 3.90. The first-order chi connectivity index (χ1) is 13.3. The van der Waals surface area contributed by atoms with Gasteiger partial charge in [-0.1, -0.05) is 65.4 Å². The zero-order chi connectivity index (χ0) is 18.2. The molecule has 6 nitrogen and oxygen atoms in total. The van der Waals surface area contributed by atoms with Crippen molar-refractivity contribution in [3.63, 3.8) is 0 Å². The lowest BCUT2D eigenvalue weighted by Gasteiger charge is -2.06. The normalized spacial score (nSPS) is 11.4. The standard InChI is InChI=1S/C20H15N5OS/c1-13-11-17-22-23-20(25(17)16-10-6-5-9-15(13)16)27-12-18-21-19(24-26-18)14-7-3-2-4-8-14/h2-11H,12H2,1H3. The smallest absolute Gasteiger partial charge is 0.237 e. The molecule has 0 saturated heterocycles. The number of aromatic nitrogens is 5. The van der Waals surface area contributed by atoms with Crippen LogP contribution in [0.15, 0.2) is 70.3 Å². The van der Waals surface area contributed by atoms with Gasteiger partial charge >= 0.3 is 0 Å². The summed E-state index contributed by atoms with van der Waals surface area (Å²) in [4.78, 5) is 4.48. The number of benzene rings is 2. The maximum Gasteiger partial charge on any atom is 0.237 e. The predicted molar refractivity (Wildman–Crippen MR) is 105 cm³/mol. The van der Waals surface area contributed by atoms with Crippen LogP contribution in [0.3, 0.4) is 0 Å². The third kappa shape index (κ3) is 2.86. The fourth-order valence-electron chi connectivity index (χ4n) is 3.11. The van der Waals surface area contributed by atoms with E-state index in [0.717, 1.165) is 21.9 Å². The van der Waals surface area contributed by atoms with E-state index >= 15 is 0 Å². The number of hydrogen-bond acceptors (Lipinski definition) is 6. The third-order valence-electron chi connectivity index (χ3n) is 4.40. The van der Waals surface area contributed by atoms with E-state index in [0.29, 0.717) is 17.5 Å². The van der Waals surface area contributed by atoms with E-state index in [9.17, 15) is 0 Å². The first kappa shape index (κ1) is 16.0. The molecular weight excluding hydrogens is 358 g/mol. The monoisotopic (exact) mass is 373 g/mol. The van der Waals surface area contributed by atoms with Crippen LogP contribution < -0.4 is 0 Å². The lowest BCUT2D eigenvalue weighted by atomic mass is 10.1. The first-order valence-corrected chi connectivity index (χ1v) is 9.52. The van der Waals surface area contributed by atoms with Crippen LogP contribution in [0, 0.1) is 6.92 Å². The molecule has 0 aliphatic carbocycles. The molecule has 0 atom stereocenters. The summed E-state index contributed by atoms with van der Waals surface area (Å²) in [5, 5.41) is 14.7. The summed E-state index contributed by atoms with van der Waals surface area (Å²) in [6.45, 7) is 2.09. The molecular formula is C20H15N5OS. The van der Waals surface area contributed by atoms with Gasteiger partial charge < -0.3 is 4.52 Å². The molecule has 27 heavy (non-hydrogen) atoms. The van der Waals surface area contributed by atoms with Crippen LogP contribution in [0.25, 0.3) is 27.9 Å². The van der Waals surface area contributed by atoms with Crippen LogP contribution in [0.1, 0.15) is 11.5 Å². The Morgan fingerprint density at radius 3 is 2.70 bits per heavy atom. The number of rotatable bonds is 4. The minimum absolute atomic E-state index is 0.531. The van der Waals surface area contributed by atoms with Crippen molar-refractivity contribution in [3.05, 3.63) is 72.1 Å². The molecule has 2 aromatic carbocycles. The highest BCUT2D eigenvalue weighted by Gasteiger charge is 2.14. The van der Waals surface area contributed by atoms with E-state index in [-0.39, 0.29) is 0 Å². The molecule has 3 aromatic heterocycles. The van der Waals surface area contributed by atoms with Crippen LogP contribution in [0.4, 0.5) is 0 Å². The number of fused-ring (bicyclic) bond motifs is 3. The highest BCUT2D eigenvalue weighted by atomic mass is 32.2. The molecule has 0 aliphatic rings. The Hall–Kier alpha value is -3.19. The zero-order valence-electron chi connectivity index (χ0n) is 14.5. The molecule has 0 spiro atoms. The average Bonchev–Trinajstić information content (AvgIpc) is 3.34. The van der Waals surface area contributed by atoms with Crippen molar-refractivity contribution >= 4 is 28.3 Å². The molecule has 3 heterocycles. The Kier molecular flexibility index (Phi) is 3.86. The van der Waals surface area contributed by atoms with Crippen molar-refractivity contribution in [2.45, 2.75) is 17.8 Å². The van der Waals surface area contributed by atoms with Crippen molar-refractivity contribution in [2.24, 2.45) is 0 Å². The van der Waals surface area contributed by atoms with Crippen LogP contribution in [0.5, 0.6) is 0 Å². The minimum Gasteiger partial charge on any atom is -0.338 e. The molecule has 0 N–H and O–H groups in total. The highest BCUT2D eigenvalue weighted by molar-refractivity contribution is 7.98. The van der Waals surface area contributed by atoms with Crippen LogP contribution >= 0.6 is 11.8 Å². The van der Waals surface area contributed by atoms with Crippen molar-refractivity contribution in [1.29, 1.82) is 0 Å². The van der Waals surface area contributed by atoms with E-state index in [4.69, 9.17) is 4.52 Å². The Labute approximate surface area is 159 Å². The largest absolute Gasteiger partial charge is 0.338 e. The molecule has 0 radical (unpaired) electrons. The maximum absolute atomic E-state index is 5.40. The van der Waals surface area contributed by atoms with E-state index < -0.39 is 0 Å². The topological polar surface area (TPSA) is 69.1 Å². The summed E-state index contributed by atoms with van der Waals surface area (Å²) in [6.07, 6.45) is 0. The molecule has 0 bridgehead atoms. The third-order valence-corrected chi connectivity index (χ3v) is 5.31. The molecule has 132 valence electrons. The van der Waals surface area contributed by atoms with Crippen molar-refractivity contribution in [1.82, 2.24) is 24.7 Å². The molecule has 0 amide bonds. The second kappa shape index (κ2) is 6.51. The predicted octanol–water partition coefficient (Wildman–Crippen LogP) is 4.53. The quantitative estimate of drug-likeness (QED) is 0.431. The minimum atomic E-state index is 0.531. The van der Waals surface area contributed by atoms with Gasteiger partial charge in [0, 0.05) is 10.9 Å². The Morgan fingerprint density at radius 2 is 1.81 bits per heavy atom. The second-order valence-corrected chi connectivity index (χ2v) is 7.13. The van der Waals surface area contributed by atoms with Crippen LogP contribution in [-0.2, 0) is 5.75 Å². The van der Waals surface area contributed by atoms with Gasteiger partial charge in [0.05, 0.1) is 11.3 Å². The van der Waals surface area contributed by atoms with E-state index in [1.165, 1.54) is 22.7 Å². The molecule has 0 fully saturated rings. The van der Waals surface area contributed by atoms with Gasteiger partial charge in [0.25, 0.3) is 0 Å². The Balaban J connectivity index is 1.46. The second-order valence-electron chi connectivity index (χ2n) is 6.19. The lowest BCUT2D eigenvalue weighted by Crippen LogP contribution is -1.93. The number of hydrogen-bond donors (Lipinski definition) is 0. The van der Waals surface area contributed by atoms with Gasteiger partial charge in [-0.25, -0.2) is 0 Å². The summed E-state index contributed by atoms with van der Waals surface area (Å²) in [5.74, 6) is 1.69. The van der Waals surface area contributed by atoms with Gasteiger partial charge in [-0.2, -0.15) is 4.98 Å². The average molecular weight is 373 g/mol. The SMILES string of the molecule is Cc1cc2nnc(SCc3nc(-c4ccccc4)no3)n2c2ccccc12. The number of thioether (sulfide) groups is 1. The molecule has 5 rings (SSSR count). The van der Waals surface area contributed by atoms with Crippen molar-refractivity contribution in [3.8, 4) is 11.4 Å². The summed E-state index contributed by atoms with van der Waals surface area (Å²) >= 11 is 1.53. The van der Waals surface area contributed by atoms with Gasteiger partial charge in [-0.15, -0.1) is 10.2 Å². The van der Waals surface area contributed by atoms with Gasteiger partial charge in [0.15, 0.2) is 10.8 Å². The number of nitrogens with zero attached hydrogens (tertiary/aromatic N) is 5. The summed E-state index contributed by atoms with van der Waals surface area (Å²) in [7, 11) is 0. The van der Waals surface area contributed by atoms with Crippen LogP contribution in [0.2, 0.25) is 0 Å². The van der Waals surface area contributed by atoms with Crippen molar-refractivity contribution in [2.75, 3.05) is 0 Å². The summed E-state index contributed by atoms with van der Waals surface area (Å²) < 4.78 is 7.47. The zero-order valence-corrected chi connectivity index (χ0v) is 15.3. The van der Waals surface area contributed by atoms with Gasteiger partial charge in [0.2, 0.25) is 11.7 Å². The number of pyridine rings is 1. The summed E-state index contributed by atoms with van der Waals surface area (Å²) in [5.41, 5.74) is 4.05. The number of para-hydroxylation sites is 1. The fraction of sp³-hybridized carbons (Fsp3) is 0.100. The first-order valence-electron chi connectivity index (χ1n) is 8.54. The molecule has 0 saturated carbocycles. The maximum atomic E-state index is 5.40. The van der Waals surface area contributed by atoms with Crippen molar-refractivity contribution < 1.29 is 4.52 Å². The van der Waals surface area contributed by atoms with E-state index in [2.05, 4.69) is 49.9 Å². The summed E-state index contributed by atoms with van der Waals surface area (Å²) in [6, 6.07) is 20.1. The van der Waals surface area contributed by atoms with Gasteiger partial charge in [0.1, 0.15) is 0 Å². The highest BCUT2D eigenvalue weighted by Crippen LogP contribution is 2.27. The van der Waals surface area contributed by atoms with E-state index in [1.807, 2.05) is 42.5 Å². The number of aryl methyl sites for hydroxylation is 1. The molecule has 5 aromatic rings. The molecule has 0 aliphatic heterocycles. The van der Waals surface area contributed by atoms with Gasteiger partial charge in [-0.05, 0) is 24.6 Å². The van der Waals surface area contributed by atoms with Gasteiger partial charge in [-0.3, -0.25) is 4.40 Å². The Bertz CT molecular complexity index is 1250. The van der Waals surface area contributed by atoms with E-state index in [1.54, 1.807) is 0 Å². The lowest BCUT2D eigenvalue weighted by molar-refractivity contribution is 0.391. The Morgan fingerprint density at radius 1 is 1.00 bits per heavy atom. The van der Waals surface area contributed by atoms with Crippen LogP contribution in [-0.4, -0.2) is 24.7 Å². The molecule has 7 heteroatoms. The molecule has 0 unspecified atom stereocenters.